The topological polar surface area (TPSA) is 112 Å². The number of hydrazone groups is 1. The molecule has 176 valence electrons. The van der Waals surface area contributed by atoms with E-state index in [0.717, 1.165) is 11.1 Å². The van der Waals surface area contributed by atoms with Crippen LogP contribution in [0, 0.1) is 17.0 Å². The second-order valence-electron chi connectivity index (χ2n) is 7.35. The van der Waals surface area contributed by atoms with Gasteiger partial charge in [0.1, 0.15) is 12.4 Å². The second kappa shape index (κ2) is 11.5. The molecule has 3 aromatic carbocycles. The van der Waals surface area contributed by atoms with E-state index in [2.05, 4.69) is 10.5 Å². The SMILES string of the molecule is COc1cc(/C=N/NC(=O)[C@H](C)Oc2ccccc2C)c([N+](=O)[O-])cc1OCc1ccccc1. The minimum Gasteiger partial charge on any atom is -0.493 e. The quantitative estimate of drug-likeness (QED) is 0.271. The van der Waals surface area contributed by atoms with Crippen LogP contribution in [0.15, 0.2) is 71.8 Å². The summed E-state index contributed by atoms with van der Waals surface area (Å²) in [4.78, 5) is 23.4. The number of nitro groups is 1. The number of aryl methyl sites for hydroxylation is 1. The number of nitrogens with one attached hydrogen (secondary N) is 1. The summed E-state index contributed by atoms with van der Waals surface area (Å²) >= 11 is 0. The molecule has 3 aromatic rings. The van der Waals surface area contributed by atoms with Crippen LogP contribution in [0.25, 0.3) is 0 Å². The van der Waals surface area contributed by atoms with Crippen LogP contribution in [0.2, 0.25) is 0 Å². The van der Waals surface area contributed by atoms with E-state index in [1.54, 1.807) is 13.0 Å². The van der Waals surface area contributed by atoms with Crippen molar-refractivity contribution in [3.63, 3.8) is 0 Å². The standard InChI is InChI=1S/C25H25N3O6/c1-17-9-7-8-12-22(17)34-18(2)25(29)27-26-15-20-13-23(32-3)24(14-21(20)28(30)31)33-16-19-10-5-4-6-11-19/h4-15,18H,16H2,1-3H3,(H,27,29)/b26-15+/t18-/m0/s1. The Kier molecular flexibility index (Phi) is 8.17. The number of benzene rings is 3. The number of nitrogens with zero attached hydrogens (tertiary/aromatic N) is 2. The zero-order valence-electron chi connectivity index (χ0n) is 19.1. The third kappa shape index (κ3) is 6.32. The Morgan fingerprint density at radius 2 is 1.79 bits per heavy atom. The summed E-state index contributed by atoms with van der Waals surface area (Å²) in [5, 5.41) is 15.5. The van der Waals surface area contributed by atoms with Gasteiger partial charge in [0.2, 0.25) is 0 Å². The predicted octanol–water partition coefficient (Wildman–Crippen LogP) is 4.41. The summed E-state index contributed by atoms with van der Waals surface area (Å²) < 4.78 is 16.7. The van der Waals surface area contributed by atoms with Gasteiger partial charge >= 0.3 is 0 Å². The van der Waals surface area contributed by atoms with Gasteiger partial charge < -0.3 is 14.2 Å². The Morgan fingerprint density at radius 1 is 1.09 bits per heavy atom. The van der Waals surface area contributed by atoms with Crippen molar-refractivity contribution in [3.8, 4) is 17.2 Å². The van der Waals surface area contributed by atoms with Crippen molar-refractivity contribution in [2.24, 2.45) is 5.10 Å². The third-order valence-electron chi connectivity index (χ3n) is 4.89. The van der Waals surface area contributed by atoms with Crippen LogP contribution in [0.1, 0.15) is 23.6 Å². The first-order valence-corrected chi connectivity index (χ1v) is 10.5. The number of nitro benzene ring substituents is 1. The summed E-state index contributed by atoms with van der Waals surface area (Å²) in [5.74, 6) is 0.600. The number of rotatable bonds is 10. The van der Waals surface area contributed by atoms with Crippen molar-refractivity contribution in [2.75, 3.05) is 7.11 Å². The van der Waals surface area contributed by atoms with Crippen LogP contribution in [0.5, 0.6) is 17.2 Å². The molecule has 0 aliphatic carbocycles. The molecule has 0 radical (unpaired) electrons. The first-order chi connectivity index (χ1) is 16.4. The number of carbonyl (C=O) groups is 1. The summed E-state index contributed by atoms with van der Waals surface area (Å²) in [5.41, 5.74) is 4.04. The maximum absolute atomic E-state index is 12.3. The Morgan fingerprint density at radius 3 is 2.47 bits per heavy atom. The van der Waals surface area contributed by atoms with E-state index in [-0.39, 0.29) is 23.6 Å². The molecule has 34 heavy (non-hydrogen) atoms. The molecule has 9 nitrogen and oxygen atoms in total. The fourth-order valence-electron chi connectivity index (χ4n) is 3.02. The lowest BCUT2D eigenvalue weighted by molar-refractivity contribution is -0.385. The molecule has 1 atom stereocenters. The molecule has 0 heterocycles. The van der Waals surface area contributed by atoms with Gasteiger partial charge in [0.25, 0.3) is 11.6 Å². The second-order valence-corrected chi connectivity index (χ2v) is 7.35. The van der Waals surface area contributed by atoms with Crippen LogP contribution < -0.4 is 19.6 Å². The fraction of sp³-hybridized carbons (Fsp3) is 0.200. The first kappa shape index (κ1) is 24.2. The summed E-state index contributed by atoms with van der Waals surface area (Å²) in [7, 11) is 1.43. The molecule has 9 heteroatoms. The van der Waals surface area contributed by atoms with E-state index in [1.165, 1.54) is 25.5 Å². The molecule has 0 aliphatic rings. The van der Waals surface area contributed by atoms with Crippen LogP contribution in [0.3, 0.4) is 0 Å². The Hall–Kier alpha value is -4.40. The van der Waals surface area contributed by atoms with Gasteiger partial charge in [0.15, 0.2) is 17.6 Å². The number of para-hydroxylation sites is 1. The summed E-state index contributed by atoms with van der Waals surface area (Å²) in [6.07, 6.45) is 0.358. The molecule has 0 fully saturated rings. The number of ether oxygens (including phenoxy) is 3. The lowest BCUT2D eigenvalue weighted by Gasteiger charge is -2.14. The Bertz CT molecular complexity index is 1180. The van der Waals surface area contributed by atoms with Gasteiger partial charge in [-0.25, -0.2) is 5.43 Å². The van der Waals surface area contributed by atoms with Crippen LogP contribution in [-0.2, 0) is 11.4 Å². The highest BCUT2D eigenvalue weighted by Gasteiger charge is 2.20. The lowest BCUT2D eigenvalue weighted by atomic mass is 10.1. The molecular formula is C25H25N3O6. The molecular weight excluding hydrogens is 438 g/mol. The van der Waals surface area contributed by atoms with E-state index >= 15 is 0 Å². The monoisotopic (exact) mass is 463 g/mol. The van der Waals surface area contributed by atoms with Gasteiger partial charge in [-0.3, -0.25) is 14.9 Å². The van der Waals surface area contributed by atoms with Crippen molar-refractivity contribution in [1.82, 2.24) is 5.43 Å². The predicted molar refractivity (Wildman–Crippen MR) is 127 cm³/mol. The van der Waals surface area contributed by atoms with Crippen molar-refractivity contribution in [3.05, 3.63) is 93.5 Å². The molecule has 0 bridgehead atoms. The van der Waals surface area contributed by atoms with Gasteiger partial charge in [0.05, 0.1) is 29.9 Å². The van der Waals surface area contributed by atoms with Gasteiger partial charge in [-0.1, -0.05) is 48.5 Å². The van der Waals surface area contributed by atoms with Gasteiger partial charge in [-0.2, -0.15) is 5.10 Å². The molecule has 1 amide bonds. The van der Waals surface area contributed by atoms with E-state index in [4.69, 9.17) is 14.2 Å². The summed E-state index contributed by atoms with van der Waals surface area (Å²) in [6, 6.07) is 19.4. The minimum absolute atomic E-state index is 0.140. The van der Waals surface area contributed by atoms with Gasteiger partial charge in [-0.15, -0.1) is 0 Å². The zero-order valence-corrected chi connectivity index (χ0v) is 19.1. The maximum atomic E-state index is 12.3. The van der Waals surface area contributed by atoms with Crippen LogP contribution in [0.4, 0.5) is 5.69 Å². The Labute approximate surface area is 197 Å². The lowest BCUT2D eigenvalue weighted by Crippen LogP contribution is -2.33. The first-order valence-electron chi connectivity index (χ1n) is 10.5. The molecule has 0 saturated carbocycles. The maximum Gasteiger partial charge on any atom is 0.282 e. The molecule has 0 spiro atoms. The fourth-order valence-corrected chi connectivity index (χ4v) is 3.02. The third-order valence-corrected chi connectivity index (χ3v) is 4.89. The van der Waals surface area contributed by atoms with Gasteiger partial charge in [0, 0.05) is 0 Å². The van der Waals surface area contributed by atoms with Crippen LogP contribution >= 0.6 is 0 Å². The van der Waals surface area contributed by atoms with Gasteiger partial charge in [-0.05, 0) is 37.1 Å². The highest BCUT2D eigenvalue weighted by Crippen LogP contribution is 2.34. The highest BCUT2D eigenvalue weighted by atomic mass is 16.6. The average Bonchev–Trinajstić information content (AvgIpc) is 2.84. The number of hydrogen-bond donors (Lipinski definition) is 1. The highest BCUT2D eigenvalue weighted by molar-refractivity contribution is 5.88. The van der Waals surface area contributed by atoms with E-state index < -0.39 is 16.9 Å². The van der Waals surface area contributed by atoms with Crippen molar-refractivity contribution in [1.29, 1.82) is 0 Å². The van der Waals surface area contributed by atoms with E-state index in [9.17, 15) is 14.9 Å². The number of hydrogen-bond acceptors (Lipinski definition) is 7. The minimum atomic E-state index is -0.823. The molecule has 1 N–H and O–H groups in total. The van der Waals surface area contributed by atoms with E-state index in [1.807, 2.05) is 55.5 Å². The zero-order chi connectivity index (χ0) is 24.5. The van der Waals surface area contributed by atoms with Crippen molar-refractivity contribution >= 4 is 17.8 Å². The van der Waals surface area contributed by atoms with Crippen LogP contribution in [-0.4, -0.2) is 30.3 Å². The number of methoxy groups -OCH3 is 1. The molecule has 0 aliphatic heterocycles. The molecule has 0 saturated heterocycles. The van der Waals surface area contributed by atoms with E-state index in [0.29, 0.717) is 11.5 Å². The average molecular weight is 463 g/mol. The largest absolute Gasteiger partial charge is 0.493 e. The Balaban J connectivity index is 1.71. The normalized spacial score (nSPS) is 11.6. The smallest absolute Gasteiger partial charge is 0.282 e. The van der Waals surface area contributed by atoms with Crippen molar-refractivity contribution < 1.29 is 23.9 Å². The van der Waals surface area contributed by atoms with Crippen molar-refractivity contribution in [2.45, 2.75) is 26.6 Å². The number of carbonyl (C=O) groups excluding carboxylic acids is 1. The molecule has 0 aromatic heterocycles. The molecule has 0 unspecified atom stereocenters. The molecule has 3 rings (SSSR count). The summed E-state index contributed by atoms with van der Waals surface area (Å²) in [6.45, 7) is 3.68. The number of amides is 1.